The van der Waals surface area contributed by atoms with Gasteiger partial charge in [0.05, 0.1) is 7.11 Å². The molecule has 0 aliphatic carbocycles. The van der Waals surface area contributed by atoms with Gasteiger partial charge in [-0.15, -0.1) is 0 Å². The zero-order valence-electron chi connectivity index (χ0n) is 6.67. The highest BCUT2D eigenvalue weighted by molar-refractivity contribution is 6.32. The first kappa shape index (κ1) is 8.93. The summed E-state index contributed by atoms with van der Waals surface area (Å²) in [6.07, 6.45) is 0.570. The van der Waals surface area contributed by atoms with Crippen LogP contribution in [-0.2, 0) is 0 Å². The minimum absolute atomic E-state index is 0.120. The SMILES string of the molecule is COc1nc(C)nc(Cl)c1C=O. The van der Waals surface area contributed by atoms with E-state index in [1.165, 1.54) is 7.11 Å². The lowest BCUT2D eigenvalue weighted by Gasteiger charge is -2.03. The number of rotatable bonds is 2. The number of hydrogen-bond acceptors (Lipinski definition) is 4. The molecular weight excluding hydrogens is 180 g/mol. The Bertz CT molecular complexity index is 315. The molecule has 12 heavy (non-hydrogen) atoms. The summed E-state index contributed by atoms with van der Waals surface area (Å²) in [5, 5.41) is 0.120. The molecule has 1 aromatic rings. The van der Waals surface area contributed by atoms with Gasteiger partial charge < -0.3 is 4.74 Å². The lowest BCUT2D eigenvalue weighted by Crippen LogP contribution is -1.99. The number of carbonyl (C=O) groups excluding carboxylic acids is 1. The van der Waals surface area contributed by atoms with Crippen LogP contribution in [-0.4, -0.2) is 23.4 Å². The number of methoxy groups -OCH3 is 1. The minimum Gasteiger partial charge on any atom is -0.480 e. The van der Waals surface area contributed by atoms with Crippen molar-refractivity contribution in [2.24, 2.45) is 0 Å². The molecular formula is C7H7ClN2O2. The Kier molecular flexibility index (Phi) is 2.60. The van der Waals surface area contributed by atoms with E-state index in [0.717, 1.165) is 0 Å². The molecule has 5 heteroatoms. The van der Waals surface area contributed by atoms with E-state index in [2.05, 4.69) is 9.97 Å². The number of aromatic nitrogens is 2. The summed E-state index contributed by atoms with van der Waals surface area (Å²) < 4.78 is 4.83. The van der Waals surface area contributed by atoms with E-state index in [9.17, 15) is 4.79 Å². The van der Waals surface area contributed by atoms with E-state index in [1.54, 1.807) is 6.92 Å². The fraction of sp³-hybridized carbons (Fsp3) is 0.286. The lowest BCUT2D eigenvalue weighted by molar-refractivity contribution is 0.111. The summed E-state index contributed by atoms with van der Waals surface area (Å²) >= 11 is 5.65. The third kappa shape index (κ3) is 1.53. The number of nitrogens with zero attached hydrogens (tertiary/aromatic N) is 2. The smallest absolute Gasteiger partial charge is 0.228 e. The molecule has 0 spiro atoms. The molecule has 1 heterocycles. The number of aryl methyl sites for hydroxylation is 1. The van der Waals surface area contributed by atoms with E-state index < -0.39 is 0 Å². The Morgan fingerprint density at radius 3 is 2.67 bits per heavy atom. The van der Waals surface area contributed by atoms with Crippen LogP contribution in [0.2, 0.25) is 5.15 Å². The normalized spacial score (nSPS) is 9.58. The predicted molar refractivity (Wildman–Crippen MR) is 43.7 cm³/mol. The highest BCUT2D eigenvalue weighted by atomic mass is 35.5. The van der Waals surface area contributed by atoms with Gasteiger partial charge in [0, 0.05) is 0 Å². The van der Waals surface area contributed by atoms with Crippen LogP contribution in [0.3, 0.4) is 0 Å². The van der Waals surface area contributed by atoms with Gasteiger partial charge in [0.1, 0.15) is 16.5 Å². The third-order valence-corrected chi connectivity index (χ3v) is 1.58. The Morgan fingerprint density at radius 1 is 1.50 bits per heavy atom. The fourth-order valence-electron chi connectivity index (χ4n) is 0.777. The molecule has 0 aliphatic heterocycles. The number of aldehydes is 1. The second kappa shape index (κ2) is 3.49. The monoisotopic (exact) mass is 186 g/mol. The largest absolute Gasteiger partial charge is 0.480 e. The highest BCUT2D eigenvalue weighted by Gasteiger charge is 2.10. The maximum absolute atomic E-state index is 10.5. The number of carbonyl (C=O) groups is 1. The van der Waals surface area contributed by atoms with Gasteiger partial charge >= 0.3 is 0 Å². The molecule has 0 bridgehead atoms. The number of hydrogen-bond donors (Lipinski definition) is 0. The molecule has 0 amide bonds. The summed E-state index contributed by atoms with van der Waals surface area (Å²) in [6.45, 7) is 1.67. The summed E-state index contributed by atoms with van der Waals surface area (Å²) in [6, 6.07) is 0. The molecule has 0 atom stereocenters. The average Bonchev–Trinajstić information content (AvgIpc) is 2.03. The first-order chi connectivity index (χ1) is 5.69. The highest BCUT2D eigenvalue weighted by Crippen LogP contribution is 2.20. The van der Waals surface area contributed by atoms with Crippen LogP contribution in [0.5, 0.6) is 5.88 Å². The Labute approximate surface area is 74.5 Å². The molecule has 64 valence electrons. The molecule has 0 N–H and O–H groups in total. The number of halogens is 1. The summed E-state index contributed by atoms with van der Waals surface area (Å²) in [5.41, 5.74) is 0.185. The van der Waals surface area contributed by atoms with E-state index in [4.69, 9.17) is 16.3 Å². The molecule has 0 aromatic carbocycles. The van der Waals surface area contributed by atoms with E-state index in [1.807, 2.05) is 0 Å². The van der Waals surface area contributed by atoms with E-state index in [0.29, 0.717) is 12.1 Å². The fourth-order valence-corrected chi connectivity index (χ4v) is 1.03. The van der Waals surface area contributed by atoms with Crippen LogP contribution in [0.15, 0.2) is 0 Å². The third-order valence-electron chi connectivity index (χ3n) is 1.29. The van der Waals surface area contributed by atoms with Gasteiger partial charge in [0.2, 0.25) is 5.88 Å². The van der Waals surface area contributed by atoms with Crippen LogP contribution >= 0.6 is 11.6 Å². The molecule has 0 radical (unpaired) electrons. The summed E-state index contributed by atoms with van der Waals surface area (Å²) in [4.78, 5) is 18.1. The van der Waals surface area contributed by atoms with Gasteiger partial charge in [-0.3, -0.25) is 4.79 Å². The van der Waals surface area contributed by atoms with Crippen molar-refractivity contribution in [3.05, 3.63) is 16.5 Å². The van der Waals surface area contributed by atoms with Crippen molar-refractivity contribution in [1.82, 2.24) is 9.97 Å². The Morgan fingerprint density at radius 2 is 2.17 bits per heavy atom. The standard InChI is InChI=1S/C7H7ClN2O2/c1-4-9-6(8)5(3-11)7(10-4)12-2/h3H,1-2H3. The molecule has 0 saturated carbocycles. The predicted octanol–water partition coefficient (Wildman–Crippen LogP) is 1.26. The van der Waals surface area contributed by atoms with Crippen molar-refractivity contribution >= 4 is 17.9 Å². The van der Waals surface area contributed by atoms with Crippen LogP contribution < -0.4 is 4.74 Å². The average molecular weight is 187 g/mol. The topological polar surface area (TPSA) is 52.1 Å². The number of ether oxygens (including phenoxy) is 1. The second-order valence-electron chi connectivity index (χ2n) is 2.10. The zero-order chi connectivity index (χ0) is 9.14. The van der Waals surface area contributed by atoms with Crippen LogP contribution in [0.1, 0.15) is 16.2 Å². The zero-order valence-corrected chi connectivity index (χ0v) is 7.42. The van der Waals surface area contributed by atoms with Crippen molar-refractivity contribution in [2.75, 3.05) is 7.11 Å². The first-order valence-corrected chi connectivity index (χ1v) is 3.60. The molecule has 0 fully saturated rings. The lowest BCUT2D eigenvalue weighted by atomic mass is 10.3. The summed E-state index contributed by atoms with van der Waals surface area (Å²) in [5.74, 6) is 0.685. The Hall–Kier alpha value is -1.16. The quantitative estimate of drug-likeness (QED) is 0.516. The van der Waals surface area contributed by atoms with Gasteiger partial charge in [0.15, 0.2) is 6.29 Å². The van der Waals surface area contributed by atoms with Crippen LogP contribution in [0, 0.1) is 6.92 Å². The van der Waals surface area contributed by atoms with E-state index in [-0.39, 0.29) is 16.6 Å². The molecule has 0 unspecified atom stereocenters. The Balaban J connectivity index is 3.33. The maximum Gasteiger partial charge on any atom is 0.228 e. The van der Waals surface area contributed by atoms with Gasteiger partial charge in [-0.1, -0.05) is 11.6 Å². The van der Waals surface area contributed by atoms with Crippen molar-refractivity contribution in [3.63, 3.8) is 0 Å². The van der Waals surface area contributed by atoms with Gasteiger partial charge in [0.25, 0.3) is 0 Å². The van der Waals surface area contributed by atoms with Gasteiger partial charge in [-0.05, 0) is 6.92 Å². The molecule has 4 nitrogen and oxygen atoms in total. The second-order valence-corrected chi connectivity index (χ2v) is 2.46. The van der Waals surface area contributed by atoms with Crippen molar-refractivity contribution in [2.45, 2.75) is 6.92 Å². The summed E-state index contributed by atoms with van der Waals surface area (Å²) in [7, 11) is 1.42. The molecule has 1 aromatic heterocycles. The van der Waals surface area contributed by atoms with E-state index >= 15 is 0 Å². The maximum atomic E-state index is 10.5. The van der Waals surface area contributed by atoms with Crippen molar-refractivity contribution in [3.8, 4) is 5.88 Å². The van der Waals surface area contributed by atoms with Crippen LogP contribution in [0.4, 0.5) is 0 Å². The van der Waals surface area contributed by atoms with Crippen LogP contribution in [0.25, 0.3) is 0 Å². The molecule has 0 aliphatic rings. The van der Waals surface area contributed by atoms with Gasteiger partial charge in [-0.2, -0.15) is 4.98 Å². The first-order valence-electron chi connectivity index (χ1n) is 3.22. The van der Waals surface area contributed by atoms with Crippen molar-refractivity contribution in [1.29, 1.82) is 0 Å². The minimum atomic E-state index is 0.120. The van der Waals surface area contributed by atoms with Crippen molar-refractivity contribution < 1.29 is 9.53 Å². The molecule has 0 saturated heterocycles. The van der Waals surface area contributed by atoms with Gasteiger partial charge in [-0.25, -0.2) is 4.98 Å². The molecule has 1 rings (SSSR count).